The van der Waals surface area contributed by atoms with Crippen LogP contribution in [-0.4, -0.2) is 0 Å². The van der Waals surface area contributed by atoms with Crippen LogP contribution in [0.3, 0.4) is 0 Å². The Labute approximate surface area is 197 Å². The first-order valence-corrected chi connectivity index (χ1v) is 11.6. The van der Waals surface area contributed by atoms with Gasteiger partial charge in [0.2, 0.25) is 0 Å². The Balaban J connectivity index is 1.54. The molecular weight excluding hydrogens is 416 g/mol. The highest BCUT2D eigenvalue weighted by Gasteiger charge is 2.16. The minimum Gasteiger partial charge on any atom is -0.456 e. The largest absolute Gasteiger partial charge is 0.456 e. The van der Waals surface area contributed by atoms with Gasteiger partial charge in [0.1, 0.15) is 22.3 Å². The summed E-state index contributed by atoms with van der Waals surface area (Å²) < 4.78 is 12.5. The van der Waals surface area contributed by atoms with E-state index < -0.39 is 0 Å². The van der Waals surface area contributed by atoms with Crippen molar-refractivity contribution < 1.29 is 8.83 Å². The zero-order valence-corrected chi connectivity index (χ0v) is 19.1. The van der Waals surface area contributed by atoms with Crippen LogP contribution in [-0.2, 0) is 0 Å². The molecule has 0 N–H and O–H groups in total. The highest BCUT2D eigenvalue weighted by molar-refractivity contribution is 6.12. The van der Waals surface area contributed by atoms with E-state index in [4.69, 9.17) is 8.83 Å². The van der Waals surface area contributed by atoms with E-state index in [-0.39, 0.29) is 0 Å². The number of hydrogen-bond donors (Lipinski definition) is 0. The van der Waals surface area contributed by atoms with Crippen molar-refractivity contribution in [3.8, 4) is 22.3 Å². The first-order chi connectivity index (χ1) is 16.6. The molecule has 0 radical (unpaired) electrons. The molecule has 0 atom stereocenters. The number of hydrogen-bond acceptors (Lipinski definition) is 2. The second-order valence-electron chi connectivity index (χ2n) is 9.18. The van der Waals surface area contributed by atoms with Gasteiger partial charge in [0, 0.05) is 27.1 Å². The van der Waals surface area contributed by atoms with Crippen molar-refractivity contribution in [2.75, 3.05) is 0 Å². The van der Waals surface area contributed by atoms with Gasteiger partial charge in [0.15, 0.2) is 0 Å². The topological polar surface area (TPSA) is 26.3 Å². The molecule has 0 aliphatic heterocycles. The molecule has 2 aromatic heterocycles. The number of para-hydroxylation sites is 1. The fraction of sp³-hybridized carbons (Fsp3) is 0.0625. The van der Waals surface area contributed by atoms with E-state index in [1.165, 1.54) is 16.7 Å². The van der Waals surface area contributed by atoms with Gasteiger partial charge < -0.3 is 8.83 Å². The molecular formula is C32H22O2. The number of benzene rings is 5. The Kier molecular flexibility index (Phi) is 4.01. The molecule has 0 spiro atoms. The number of furan rings is 2. The average Bonchev–Trinajstić information content (AvgIpc) is 3.41. The van der Waals surface area contributed by atoms with Crippen LogP contribution >= 0.6 is 0 Å². The van der Waals surface area contributed by atoms with Crippen molar-refractivity contribution in [3.63, 3.8) is 0 Å². The molecule has 5 aromatic carbocycles. The maximum absolute atomic E-state index is 6.38. The molecule has 162 valence electrons. The van der Waals surface area contributed by atoms with Gasteiger partial charge in [-0.15, -0.1) is 0 Å². The van der Waals surface area contributed by atoms with Gasteiger partial charge in [-0.2, -0.15) is 0 Å². The van der Waals surface area contributed by atoms with E-state index in [9.17, 15) is 0 Å². The summed E-state index contributed by atoms with van der Waals surface area (Å²) >= 11 is 0. The van der Waals surface area contributed by atoms with E-state index in [0.29, 0.717) is 0 Å². The smallest absolute Gasteiger partial charge is 0.143 e. The maximum atomic E-state index is 6.38. The van der Waals surface area contributed by atoms with E-state index >= 15 is 0 Å². The molecule has 2 heteroatoms. The third-order valence-electron chi connectivity index (χ3n) is 6.77. The highest BCUT2D eigenvalue weighted by atomic mass is 16.3. The van der Waals surface area contributed by atoms with E-state index in [1.807, 2.05) is 12.1 Å². The van der Waals surface area contributed by atoms with Crippen LogP contribution in [0.2, 0.25) is 0 Å². The van der Waals surface area contributed by atoms with Gasteiger partial charge in [-0.3, -0.25) is 0 Å². The Morgan fingerprint density at radius 1 is 0.441 bits per heavy atom. The van der Waals surface area contributed by atoms with E-state index in [2.05, 4.69) is 98.8 Å². The first kappa shape index (κ1) is 19.2. The quantitative estimate of drug-likeness (QED) is 0.269. The zero-order valence-electron chi connectivity index (χ0n) is 19.1. The summed E-state index contributed by atoms with van der Waals surface area (Å²) in [7, 11) is 0. The summed E-state index contributed by atoms with van der Waals surface area (Å²) in [6.07, 6.45) is 0. The van der Waals surface area contributed by atoms with Gasteiger partial charge in [-0.05, 0) is 73.0 Å². The van der Waals surface area contributed by atoms with Crippen LogP contribution in [0.1, 0.15) is 11.1 Å². The predicted molar refractivity (Wildman–Crippen MR) is 141 cm³/mol. The summed E-state index contributed by atoms with van der Waals surface area (Å²) in [5.41, 5.74) is 10.8. The lowest BCUT2D eigenvalue weighted by atomic mass is 9.94. The fourth-order valence-electron chi connectivity index (χ4n) is 5.09. The van der Waals surface area contributed by atoms with Gasteiger partial charge >= 0.3 is 0 Å². The van der Waals surface area contributed by atoms with E-state index in [1.54, 1.807) is 0 Å². The van der Waals surface area contributed by atoms with Gasteiger partial charge in [-0.1, -0.05) is 65.7 Å². The van der Waals surface area contributed by atoms with Crippen molar-refractivity contribution in [2.24, 2.45) is 0 Å². The minimum absolute atomic E-state index is 0.912. The molecule has 0 fully saturated rings. The Morgan fingerprint density at radius 3 is 2.06 bits per heavy atom. The molecule has 2 nitrogen and oxygen atoms in total. The monoisotopic (exact) mass is 438 g/mol. The third kappa shape index (κ3) is 2.89. The molecule has 0 saturated carbocycles. The fourth-order valence-corrected chi connectivity index (χ4v) is 5.09. The number of rotatable bonds is 2. The molecule has 7 rings (SSSR count). The van der Waals surface area contributed by atoms with Gasteiger partial charge in [-0.25, -0.2) is 0 Å². The third-order valence-corrected chi connectivity index (χ3v) is 6.77. The SMILES string of the molecule is Cc1cccc(-c2cc(-c3ccc4oc5ccc(C)cc5c4c3)cc3c2oc2ccccc23)c1. The van der Waals surface area contributed by atoms with Gasteiger partial charge in [0.05, 0.1) is 0 Å². The molecule has 0 unspecified atom stereocenters. The van der Waals surface area contributed by atoms with Crippen molar-refractivity contribution >= 4 is 43.9 Å². The summed E-state index contributed by atoms with van der Waals surface area (Å²) in [6.45, 7) is 4.25. The van der Waals surface area contributed by atoms with Crippen molar-refractivity contribution in [3.05, 3.63) is 108 Å². The molecule has 0 saturated heterocycles. The molecule has 2 heterocycles. The Bertz CT molecular complexity index is 1880. The van der Waals surface area contributed by atoms with Crippen molar-refractivity contribution in [2.45, 2.75) is 13.8 Å². The van der Waals surface area contributed by atoms with Gasteiger partial charge in [0.25, 0.3) is 0 Å². The standard InChI is InChI=1S/C32H22O2/c1-19-6-5-7-22(14-19)25-17-23(18-28-24-8-3-4-9-29(24)34-32(25)28)21-11-13-31-27(16-21)26-15-20(2)10-12-30(26)33-31/h3-18H,1-2H3. The second kappa shape index (κ2) is 7.10. The van der Waals surface area contributed by atoms with Crippen LogP contribution < -0.4 is 0 Å². The highest BCUT2D eigenvalue weighted by Crippen LogP contribution is 2.41. The molecule has 0 aliphatic carbocycles. The molecule has 7 aromatic rings. The van der Waals surface area contributed by atoms with Crippen LogP contribution in [0.5, 0.6) is 0 Å². The molecule has 0 amide bonds. The lowest BCUT2D eigenvalue weighted by molar-refractivity contribution is 0.668. The molecule has 0 bridgehead atoms. The lowest BCUT2D eigenvalue weighted by Crippen LogP contribution is -1.85. The second-order valence-corrected chi connectivity index (χ2v) is 9.18. The number of aryl methyl sites for hydroxylation is 2. The van der Waals surface area contributed by atoms with E-state index in [0.717, 1.165) is 60.6 Å². The van der Waals surface area contributed by atoms with Crippen molar-refractivity contribution in [1.29, 1.82) is 0 Å². The Hall–Kier alpha value is -4.30. The van der Waals surface area contributed by atoms with Crippen LogP contribution in [0, 0.1) is 13.8 Å². The molecule has 0 aliphatic rings. The lowest BCUT2D eigenvalue weighted by Gasteiger charge is -2.09. The first-order valence-electron chi connectivity index (χ1n) is 11.6. The summed E-state index contributed by atoms with van der Waals surface area (Å²) in [6, 6.07) is 34.3. The van der Waals surface area contributed by atoms with Crippen molar-refractivity contribution in [1.82, 2.24) is 0 Å². The van der Waals surface area contributed by atoms with Crippen LogP contribution in [0.25, 0.3) is 66.1 Å². The average molecular weight is 439 g/mol. The predicted octanol–water partition coefficient (Wildman–Crippen LogP) is 9.44. The van der Waals surface area contributed by atoms with Crippen LogP contribution in [0.4, 0.5) is 0 Å². The summed E-state index contributed by atoms with van der Waals surface area (Å²) in [4.78, 5) is 0. The maximum Gasteiger partial charge on any atom is 0.143 e. The zero-order chi connectivity index (χ0) is 22.8. The minimum atomic E-state index is 0.912. The summed E-state index contributed by atoms with van der Waals surface area (Å²) in [5.74, 6) is 0. The summed E-state index contributed by atoms with van der Waals surface area (Å²) in [5, 5.41) is 4.58. The Morgan fingerprint density at radius 2 is 1.18 bits per heavy atom. The normalized spacial score (nSPS) is 11.8. The van der Waals surface area contributed by atoms with Crippen LogP contribution in [0.15, 0.2) is 106 Å². The number of fused-ring (bicyclic) bond motifs is 6. The molecule has 34 heavy (non-hydrogen) atoms.